The summed E-state index contributed by atoms with van der Waals surface area (Å²) in [4.78, 5) is 18.6. The SMILES string of the molecule is CN1CC[C@@H](CNC(=O)c2cn(-c3ccc(Cl)c(Cl)c3)cn2)C1. The van der Waals surface area contributed by atoms with Gasteiger partial charge in [0.1, 0.15) is 12.0 Å². The van der Waals surface area contributed by atoms with E-state index in [1.165, 1.54) is 0 Å². The van der Waals surface area contributed by atoms with Gasteiger partial charge >= 0.3 is 0 Å². The van der Waals surface area contributed by atoms with Gasteiger partial charge < -0.3 is 14.8 Å². The lowest BCUT2D eigenvalue weighted by Gasteiger charge is -2.10. The molecule has 0 spiro atoms. The van der Waals surface area contributed by atoms with Crippen molar-refractivity contribution in [2.45, 2.75) is 6.42 Å². The number of likely N-dealkylation sites (tertiary alicyclic amines) is 1. The number of imidazole rings is 1. The molecule has 2 heterocycles. The predicted molar refractivity (Wildman–Crippen MR) is 91.5 cm³/mol. The fourth-order valence-electron chi connectivity index (χ4n) is 2.75. The molecule has 1 aliphatic heterocycles. The highest BCUT2D eigenvalue weighted by Crippen LogP contribution is 2.24. The molecule has 0 saturated carbocycles. The molecular formula is C16H18Cl2N4O. The molecule has 0 bridgehead atoms. The minimum Gasteiger partial charge on any atom is -0.350 e. The first-order valence-electron chi connectivity index (χ1n) is 7.49. The van der Waals surface area contributed by atoms with Crippen molar-refractivity contribution in [1.82, 2.24) is 19.8 Å². The fourth-order valence-corrected chi connectivity index (χ4v) is 3.04. The van der Waals surface area contributed by atoms with Crippen LogP contribution in [0.1, 0.15) is 16.9 Å². The van der Waals surface area contributed by atoms with Crippen LogP contribution in [0.5, 0.6) is 0 Å². The van der Waals surface area contributed by atoms with Crippen LogP contribution in [0.25, 0.3) is 5.69 Å². The van der Waals surface area contributed by atoms with E-state index in [9.17, 15) is 4.79 Å². The van der Waals surface area contributed by atoms with Crippen molar-refractivity contribution in [3.05, 3.63) is 46.5 Å². The van der Waals surface area contributed by atoms with Crippen molar-refractivity contribution < 1.29 is 4.79 Å². The van der Waals surface area contributed by atoms with Crippen LogP contribution in [0, 0.1) is 5.92 Å². The Morgan fingerprint density at radius 3 is 2.91 bits per heavy atom. The van der Waals surface area contributed by atoms with Crippen molar-refractivity contribution in [1.29, 1.82) is 0 Å². The van der Waals surface area contributed by atoms with Crippen LogP contribution >= 0.6 is 23.2 Å². The number of aromatic nitrogens is 2. The topological polar surface area (TPSA) is 50.2 Å². The molecule has 1 aliphatic rings. The Morgan fingerprint density at radius 1 is 1.39 bits per heavy atom. The van der Waals surface area contributed by atoms with Gasteiger partial charge in [-0.05, 0) is 44.1 Å². The molecule has 122 valence electrons. The highest BCUT2D eigenvalue weighted by Gasteiger charge is 2.20. The maximum Gasteiger partial charge on any atom is 0.271 e. The van der Waals surface area contributed by atoms with Crippen LogP contribution in [-0.2, 0) is 0 Å². The molecule has 1 N–H and O–H groups in total. The number of nitrogens with one attached hydrogen (secondary N) is 1. The van der Waals surface area contributed by atoms with E-state index in [1.54, 1.807) is 29.2 Å². The fraction of sp³-hybridized carbons (Fsp3) is 0.375. The van der Waals surface area contributed by atoms with Gasteiger partial charge in [0, 0.05) is 25.0 Å². The first-order valence-corrected chi connectivity index (χ1v) is 8.24. The number of benzene rings is 1. The van der Waals surface area contributed by atoms with Crippen molar-refractivity contribution in [3.63, 3.8) is 0 Å². The number of hydrogen-bond donors (Lipinski definition) is 1. The van der Waals surface area contributed by atoms with Gasteiger partial charge in [-0.15, -0.1) is 0 Å². The zero-order valence-electron chi connectivity index (χ0n) is 12.8. The molecule has 23 heavy (non-hydrogen) atoms. The number of amides is 1. The molecule has 5 nitrogen and oxygen atoms in total. The highest BCUT2D eigenvalue weighted by atomic mass is 35.5. The molecule has 1 atom stereocenters. The van der Waals surface area contributed by atoms with E-state index in [0.717, 1.165) is 25.2 Å². The van der Waals surface area contributed by atoms with Crippen molar-refractivity contribution in [2.75, 3.05) is 26.7 Å². The Labute approximate surface area is 145 Å². The van der Waals surface area contributed by atoms with Crippen molar-refractivity contribution >= 4 is 29.1 Å². The molecule has 3 rings (SSSR count). The molecule has 1 amide bonds. The molecule has 0 aliphatic carbocycles. The first kappa shape index (κ1) is 16.3. The summed E-state index contributed by atoms with van der Waals surface area (Å²) >= 11 is 11.9. The summed E-state index contributed by atoms with van der Waals surface area (Å²) in [7, 11) is 2.10. The minimum atomic E-state index is -0.154. The summed E-state index contributed by atoms with van der Waals surface area (Å²) in [5.41, 5.74) is 1.20. The molecule has 0 radical (unpaired) electrons. The highest BCUT2D eigenvalue weighted by molar-refractivity contribution is 6.42. The smallest absolute Gasteiger partial charge is 0.271 e. The van der Waals surface area contributed by atoms with Gasteiger partial charge in [0.2, 0.25) is 0 Å². The molecular weight excluding hydrogens is 335 g/mol. The summed E-state index contributed by atoms with van der Waals surface area (Å²) in [6.07, 6.45) is 4.40. The first-order chi connectivity index (χ1) is 11.0. The Balaban J connectivity index is 1.64. The summed E-state index contributed by atoms with van der Waals surface area (Å²) in [6, 6.07) is 5.28. The molecule has 1 saturated heterocycles. The summed E-state index contributed by atoms with van der Waals surface area (Å²) in [5.74, 6) is 0.361. The van der Waals surface area contributed by atoms with Gasteiger partial charge in [-0.3, -0.25) is 4.79 Å². The number of carbonyl (C=O) groups excluding carboxylic acids is 1. The van der Waals surface area contributed by atoms with E-state index in [2.05, 4.69) is 22.2 Å². The summed E-state index contributed by atoms with van der Waals surface area (Å²) < 4.78 is 1.75. The van der Waals surface area contributed by atoms with E-state index in [-0.39, 0.29) is 5.91 Å². The Hall–Kier alpha value is -1.56. The maximum absolute atomic E-state index is 12.2. The molecule has 1 fully saturated rings. The summed E-state index contributed by atoms with van der Waals surface area (Å²) in [6.45, 7) is 2.80. The maximum atomic E-state index is 12.2. The quantitative estimate of drug-likeness (QED) is 0.920. The third-order valence-corrected chi connectivity index (χ3v) is 4.80. The number of rotatable bonds is 4. The normalized spacial score (nSPS) is 18.3. The van der Waals surface area contributed by atoms with E-state index in [1.807, 2.05) is 6.07 Å². The Morgan fingerprint density at radius 2 is 2.22 bits per heavy atom. The third-order valence-electron chi connectivity index (χ3n) is 4.06. The number of hydrogen-bond acceptors (Lipinski definition) is 3. The van der Waals surface area contributed by atoms with Crippen LogP contribution in [0.2, 0.25) is 10.0 Å². The minimum absolute atomic E-state index is 0.154. The van der Waals surface area contributed by atoms with Crippen LogP contribution in [0.3, 0.4) is 0 Å². The second-order valence-electron chi connectivity index (χ2n) is 5.89. The Bertz CT molecular complexity index is 716. The van der Waals surface area contributed by atoms with Crippen LogP contribution in [0.4, 0.5) is 0 Å². The van der Waals surface area contributed by atoms with Gasteiger partial charge in [-0.25, -0.2) is 4.98 Å². The van der Waals surface area contributed by atoms with E-state index in [4.69, 9.17) is 23.2 Å². The third kappa shape index (κ3) is 3.86. The summed E-state index contributed by atoms with van der Waals surface area (Å²) in [5, 5.41) is 3.92. The molecule has 1 aromatic carbocycles. The van der Waals surface area contributed by atoms with Gasteiger partial charge in [0.15, 0.2) is 0 Å². The average molecular weight is 353 g/mol. The lowest BCUT2D eigenvalue weighted by atomic mass is 10.1. The molecule has 2 aromatic rings. The van der Waals surface area contributed by atoms with E-state index in [0.29, 0.717) is 28.2 Å². The van der Waals surface area contributed by atoms with Crippen LogP contribution in [-0.4, -0.2) is 47.0 Å². The van der Waals surface area contributed by atoms with Gasteiger partial charge in [-0.2, -0.15) is 0 Å². The van der Waals surface area contributed by atoms with Gasteiger partial charge in [-0.1, -0.05) is 23.2 Å². The Kier molecular flexibility index (Phi) is 4.90. The molecule has 0 unspecified atom stereocenters. The zero-order chi connectivity index (χ0) is 16.4. The second-order valence-corrected chi connectivity index (χ2v) is 6.71. The van der Waals surface area contributed by atoms with Crippen LogP contribution in [0.15, 0.2) is 30.7 Å². The number of carbonyl (C=O) groups is 1. The largest absolute Gasteiger partial charge is 0.350 e. The molecule has 1 aromatic heterocycles. The van der Waals surface area contributed by atoms with Crippen molar-refractivity contribution in [3.8, 4) is 5.69 Å². The van der Waals surface area contributed by atoms with Gasteiger partial charge in [0.25, 0.3) is 5.91 Å². The number of nitrogens with zero attached hydrogens (tertiary/aromatic N) is 3. The van der Waals surface area contributed by atoms with Crippen molar-refractivity contribution in [2.24, 2.45) is 5.92 Å². The lowest BCUT2D eigenvalue weighted by Crippen LogP contribution is -2.30. The van der Waals surface area contributed by atoms with E-state index >= 15 is 0 Å². The second kappa shape index (κ2) is 6.91. The van der Waals surface area contributed by atoms with Crippen LogP contribution < -0.4 is 5.32 Å². The number of halogens is 2. The lowest BCUT2D eigenvalue weighted by molar-refractivity contribution is 0.0943. The predicted octanol–water partition coefficient (Wildman–Crippen LogP) is 2.86. The van der Waals surface area contributed by atoms with E-state index < -0.39 is 0 Å². The molecule has 7 heteroatoms. The average Bonchev–Trinajstić information content (AvgIpc) is 3.17. The zero-order valence-corrected chi connectivity index (χ0v) is 14.3. The standard InChI is InChI=1S/C16H18Cl2N4O/c1-21-5-4-11(8-21)7-19-16(23)15-9-22(10-20-15)12-2-3-13(17)14(18)6-12/h2-3,6,9-11H,4-5,7-8H2,1H3,(H,19,23)/t11-/m0/s1. The monoisotopic (exact) mass is 352 g/mol. The van der Waals surface area contributed by atoms with Gasteiger partial charge in [0.05, 0.1) is 10.0 Å².